The van der Waals surface area contributed by atoms with E-state index < -0.39 is 16.1 Å². The first-order valence-electron chi connectivity index (χ1n) is 11.9. The van der Waals surface area contributed by atoms with Crippen LogP contribution in [0.25, 0.3) is 10.9 Å². The molecule has 2 aliphatic rings. The second kappa shape index (κ2) is 9.44. The molecule has 2 fully saturated rings. The Bertz CT molecular complexity index is 1280. The van der Waals surface area contributed by atoms with Crippen molar-refractivity contribution >= 4 is 26.8 Å². The summed E-state index contributed by atoms with van der Waals surface area (Å²) < 4.78 is 27.9. The van der Waals surface area contributed by atoms with Gasteiger partial charge in [-0.3, -0.25) is 14.7 Å². The quantitative estimate of drug-likeness (QED) is 0.564. The highest BCUT2D eigenvalue weighted by molar-refractivity contribution is 7.89. The highest BCUT2D eigenvalue weighted by atomic mass is 32.2. The van der Waals surface area contributed by atoms with Crippen molar-refractivity contribution in [2.45, 2.75) is 37.2 Å². The molecule has 3 aromatic rings. The van der Waals surface area contributed by atoms with Crippen LogP contribution in [-0.4, -0.2) is 72.2 Å². The topological polar surface area (TPSA) is 73.8 Å². The first kappa shape index (κ1) is 23.0. The van der Waals surface area contributed by atoms with Crippen LogP contribution in [0.1, 0.15) is 24.0 Å². The minimum atomic E-state index is -3.69. The van der Waals surface area contributed by atoms with Crippen LogP contribution in [0.3, 0.4) is 0 Å². The lowest BCUT2D eigenvalue weighted by molar-refractivity contribution is -0.136. The van der Waals surface area contributed by atoms with Crippen LogP contribution >= 0.6 is 0 Å². The summed E-state index contributed by atoms with van der Waals surface area (Å²) in [4.78, 5) is 22.4. The summed E-state index contributed by atoms with van der Waals surface area (Å²) in [6, 6.07) is 16.5. The second-order valence-corrected chi connectivity index (χ2v) is 11.1. The first-order chi connectivity index (χ1) is 16.4. The summed E-state index contributed by atoms with van der Waals surface area (Å²) in [5.74, 6) is -0.0698. The third-order valence-electron chi connectivity index (χ3n) is 6.91. The van der Waals surface area contributed by atoms with Gasteiger partial charge in [0.05, 0.1) is 10.4 Å². The van der Waals surface area contributed by atoms with Gasteiger partial charge in [0.2, 0.25) is 15.9 Å². The largest absolute Gasteiger partial charge is 0.339 e. The van der Waals surface area contributed by atoms with Crippen LogP contribution in [-0.2, 0) is 21.4 Å². The predicted molar refractivity (Wildman–Crippen MR) is 132 cm³/mol. The van der Waals surface area contributed by atoms with Gasteiger partial charge in [0.1, 0.15) is 6.04 Å². The van der Waals surface area contributed by atoms with Crippen LogP contribution in [0, 0.1) is 6.92 Å². The van der Waals surface area contributed by atoms with Gasteiger partial charge in [0.25, 0.3) is 0 Å². The molecular weight excluding hydrogens is 448 g/mol. The number of benzene rings is 2. The number of carbonyl (C=O) groups excluding carboxylic acids is 1. The number of carbonyl (C=O) groups is 1. The minimum absolute atomic E-state index is 0.0698. The van der Waals surface area contributed by atoms with E-state index in [9.17, 15) is 13.2 Å². The van der Waals surface area contributed by atoms with Gasteiger partial charge in [-0.15, -0.1) is 0 Å². The number of fused-ring (bicyclic) bond motifs is 1. The molecule has 8 heteroatoms. The first-order valence-corrected chi connectivity index (χ1v) is 13.3. The highest BCUT2D eigenvalue weighted by Gasteiger charge is 2.41. The number of aromatic nitrogens is 1. The maximum absolute atomic E-state index is 13.4. The predicted octanol–water partition coefficient (Wildman–Crippen LogP) is 3.04. The third kappa shape index (κ3) is 4.45. The Labute approximate surface area is 201 Å². The third-order valence-corrected chi connectivity index (χ3v) is 8.83. The Hall–Kier alpha value is -2.81. The van der Waals surface area contributed by atoms with E-state index in [0.29, 0.717) is 32.5 Å². The van der Waals surface area contributed by atoms with Crippen LogP contribution in [0.4, 0.5) is 0 Å². The number of sulfonamides is 1. The SMILES string of the molecule is Cc1ccc(S(=O)(=O)N2CCC[C@H]2C(=O)N2CCN(Cc3cccc4cccnc34)CC2)cc1. The van der Waals surface area contributed by atoms with Gasteiger partial charge in [-0.25, -0.2) is 8.42 Å². The Morgan fingerprint density at radius 3 is 2.47 bits per heavy atom. The van der Waals surface area contributed by atoms with Crippen molar-refractivity contribution < 1.29 is 13.2 Å². The normalized spacial score (nSPS) is 20.1. The van der Waals surface area contributed by atoms with Crippen molar-refractivity contribution in [1.82, 2.24) is 19.1 Å². The number of piperazine rings is 1. The van der Waals surface area contributed by atoms with Crippen LogP contribution in [0.5, 0.6) is 0 Å². The Morgan fingerprint density at radius 1 is 0.971 bits per heavy atom. The van der Waals surface area contributed by atoms with E-state index in [2.05, 4.69) is 34.1 Å². The van der Waals surface area contributed by atoms with E-state index in [0.717, 1.165) is 36.1 Å². The smallest absolute Gasteiger partial charge is 0.243 e. The monoisotopic (exact) mass is 478 g/mol. The zero-order valence-corrected chi connectivity index (χ0v) is 20.2. The molecule has 3 heterocycles. The summed E-state index contributed by atoms with van der Waals surface area (Å²) >= 11 is 0. The molecule has 0 unspecified atom stereocenters. The zero-order chi connectivity index (χ0) is 23.7. The van der Waals surface area contributed by atoms with E-state index in [4.69, 9.17) is 0 Å². The Kier molecular flexibility index (Phi) is 6.38. The van der Waals surface area contributed by atoms with E-state index in [1.54, 1.807) is 24.3 Å². The van der Waals surface area contributed by atoms with Crippen LogP contribution in [0.2, 0.25) is 0 Å². The molecule has 178 valence electrons. The van der Waals surface area contributed by atoms with Gasteiger partial charge >= 0.3 is 0 Å². The van der Waals surface area contributed by atoms with Crippen molar-refractivity contribution in [2.75, 3.05) is 32.7 Å². The van der Waals surface area contributed by atoms with Crippen LogP contribution in [0.15, 0.2) is 65.7 Å². The van der Waals surface area contributed by atoms with E-state index in [1.807, 2.05) is 24.1 Å². The molecule has 34 heavy (non-hydrogen) atoms. The fourth-order valence-corrected chi connectivity index (χ4v) is 6.64. The summed E-state index contributed by atoms with van der Waals surface area (Å²) in [6.45, 7) is 5.82. The lowest BCUT2D eigenvalue weighted by atomic mass is 10.1. The maximum Gasteiger partial charge on any atom is 0.243 e. The summed E-state index contributed by atoms with van der Waals surface area (Å²) in [7, 11) is -3.69. The number of para-hydroxylation sites is 1. The molecule has 0 N–H and O–H groups in total. The molecule has 0 bridgehead atoms. The number of rotatable bonds is 5. The van der Waals surface area contributed by atoms with Gasteiger partial charge in [0, 0.05) is 50.9 Å². The summed E-state index contributed by atoms with van der Waals surface area (Å²) in [6.07, 6.45) is 3.10. The number of amides is 1. The maximum atomic E-state index is 13.4. The lowest BCUT2D eigenvalue weighted by Crippen LogP contribution is -2.54. The van der Waals surface area contributed by atoms with Crippen molar-refractivity contribution in [3.63, 3.8) is 0 Å². The van der Waals surface area contributed by atoms with Crippen molar-refractivity contribution in [2.24, 2.45) is 0 Å². The van der Waals surface area contributed by atoms with Crippen molar-refractivity contribution in [3.05, 3.63) is 71.9 Å². The molecule has 2 aliphatic heterocycles. The molecule has 0 spiro atoms. The second-order valence-electron chi connectivity index (χ2n) is 9.18. The van der Waals surface area contributed by atoms with E-state index >= 15 is 0 Å². The average molecular weight is 479 g/mol. The Balaban J connectivity index is 1.24. The van der Waals surface area contributed by atoms with Gasteiger partial charge in [-0.2, -0.15) is 4.31 Å². The minimum Gasteiger partial charge on any atom is -0.339 e. The number of aryl methyl sites for hydroxylation is 1. The molecule has 2 saturated heterocycles. The lowest BCUT2D eigenvalue weighted by Gasteiger charge is -2.37. The molecular formula is C26H30N4O3S. The summed E-state index contributed by atoms with van der Waals surface area (Å²) in [5.41, 5.74) is 3.21. The van der Waals surface area contributed by atoms with Crippen molar-refractivity contribution in [1.29, 1.82) is 0 Å². The van der Waals surface area contributed by atoms with Crippen LogP contribution < -0.4 is 0 Å². The fourth-order valence-electron chi connectivity index (χ4n) is 4.99. The Morgan fingerprint density at radius 2 is 1.71 bits per heavy atom. The number of pyridine rings is 1. The number of hydrogen-bond acceptors (Lipinski definition) is 5. The molecule has 1 amide bonds. The molecule has 5 rings (SSSR count). The molecule has 0 radical (unpaired) electrons. The van der Waals surface area contributed by atoms with Gasteiger partial charge in [-0.05, 0) is 43.5 Å². The van der Waals surface area contributed by atoms with E-state index in [-0.39, 0.29) is 10.8 Å². The molecule has 1 atom stereocenters. The van der Waals surface area contributed by atoms with Crippen molar-refractivity contribution in [3.8, 4) is 0 Å². The summed E-state index contributed by atoms with van der Waals surface area (Å²) in [5, 5.41) is 1.13. The molecule has 0 aliphatic carbocycles. The molecule has 0 saturated carbocycles. The fraction of sp³-hybridized carbons (Fsp3) is 0.385. The average Bonchev–Trinajstić information content (AvgIpc) is 3.36. The number of nitrogens with zero attached hydrogens (tertiary/aromatic N) is 4. The standard InChI is InChI=1S/C26H30N4O3S/c1-20-9-11-23(12-10-20)34(32,33)30-14-4-8-24(30)26(31)29-17-15-28(16-18-29)19-22-6-2-5-21-7-3-13-27-25(21)22/h2-3,5-7,9-13,24H,4,8,14-19H2,1H3/t24-/m0/s1. The highest BCUT2D eigenvalue weighted by Crippen LogP contribution is 2.28. The van der Waals surface area contributed by atoms with Gasteiger partial charge < -0.3 is 4.90 Å². The zero-order valence-electron chi connectivity index (χ0n) is 19.4. The van der Waals surface area contributed by atoms with E-state index in [1.165, 1.54) is 9.87 Å². The van der Waals surface area contributed by atoms with Gasteiger partial charge in [0.15, 0.2) is 0 Å². The number of hydrogen-bond donors (Lipinski definition) is 0. The molecule has 1 aromatic heterocycles. The molecule has 2 aromatic carbocycles. The van der Waals surface area contributed by atoms with Gasteiger partial charge in [-0.1, -0.05) is 42.0 Å². The molecule has 7 nitrogen and oxygen atoms in total.